The number of aryl methyl sites for hydroxylation is 1. The average molecular weight is 417 g/mol. The van der Waals surface area contributed by atoms with Crippen LogP contribution in [0.15, 0.2) is 33.0 Å². The maximum Gasteiger partial charge on any atom is 0.270 e. The molecule has 2 aliphatic rings. The van der Waals surface area contributed by atoms with Crippen molar-refractivity contribution in [3.8, 4) is 0 Å². The third-order valence-corrected chi connectivity index (χ3v) is 7.59. The molecule has 0 aromatic carbocycles. The molecule has 0 bridgehead atoms. The predicted molar refractivity (Wildman–Crippen MR) is 114 cm³/mol. The van der Waals surface area contributed by atoms with Crippen molar-refractivity contribution in [1.29, 1.82) is 0 Å². The molecule has 2 aromatic heterocycles. The third kappa shape index (κ3) is 3.51. The van der Waals surface area contributed by atoms with Crippen LogP contribution in [0.5, 0.6) is 0 Å². The van der Waals surface area contributed by atoms with Crippen LogP contribution >= 0.6 is 11.8 Å². The first-order chi connectivity index (χ1) is 13.8. The van der Waals surface area contributed by atoms with Crippen LogP contribution in [-0.4, -0.2) is 46.4 Å². The highest BCUT2D eigenvalue weighted by molar-refractivity contribution is 7.99. The van der Waals surface area contributed by atoms with Crippen molar-refractivity contribution in [1.82, 2.24) is 14.5 Å². The van der Waals surface area contributed by atoms with Gasteiger partial charge < -0.3 is 21.1 Å². The molecule has 2 aliphatic heterocycles. The zero-order valence-electron chi connectivity index (χ0n) is 17.1. The van der Waals surface area contributed by atoms with Gasteiger partial charge in [0.05, 0.1) is 12.7 Å². The lowest BCUT2D eigenvalue weighted by Gasteiger charge is -2.41. The van der Waals surface area contributed by atoms with Crippen LogP contribution in [-0.2, 0) is 11.8 Å². The van der Waals surface area contributed by atoms with Gasteiger partial charge in [0.25, 0.3) is 5.56 Å². The predicted octanol–water partition coefficient (Wildman–Crippen LogP) is 1.55. The van der Waals surface area contributed by atoms with Crippen molar-refractivity contribution >= 4 is 23.5 Å². The van der Waals surface area contributed by atoms with E-state index in [2.05, 4.69) is 14.9 Å². The van der Waals surface area contributed by atoms with Gasteiger partial charge in [-0.2, -0.15) is 4.98 Å². The van der Waals surface area contributed by atoms with Crippen molar-refractivity contribution in [3.63, 3.8) is 0 Å². The summed E-state index contributed by atoms with van der Waals surface area (Å²) in [6.45, 7) is 6.26. The second-order valence-corrected chi connectivity index (χ2v) is 9.18. The van der Waals surface area contributed by atoms with E-state index in [0.717, 1.165) is 36.4 Å². The van der Waals surface area contributed by atoms with Gasteiger partial charge in [0.15, 0.2) is 0 Å². The average Bonchev–Trinajstić information content (AvgIpc) is 2.99. The molecule has 0 saturated carbocycles. The molecule has 4 rings (SSSR count). The Morgan fingerprint density at radius 2 is 2.07 bits per heavy atom. The minimum atomic E-state index is -0.136. The molecule has 0 aliphatic carbocycles. The number of ether oxygens (including phenoxy) is 1. The summed E-state index contributed by atoms with van der Waals surface area (Å²) in [5.74, 6) is 0.873. The van der Waals surface area contributed by atoms with Gasteiger partial charge in [-0.3, -0.25) is 14.3 Å². The third-order valence-electron chi connectivity index (χ3n) is 6.32. The largest absolute Gasteiger partial charge is 0.382 e. The second kappa shape index (κ2) is 7.62. The SMILES string of the molecule is Cc1cnccc1Sc1c(N)nc(N2CCC3(CC2)CO[C@@H](C)[C@H]3N)n(C)c1=O. The summed E-state index contributed by atoms with van der Waals surface area (Å²) in [7, 11) is 1.75. The zero-order chi connectivity index (χ0) is 20.8. The fourth-order valence-corrected chi connectivity index (χ4v) is 5.21. The maximum atomic E-state index is 13.1. The van der Waals surface area contributed by atoms with E-state index in [1.807, 2.05) is 19.9 Å². The molecule has 9 heteroatoms. The number of anilines is 2. The smallest absolute Gasteiger partial charge is 0.270 e. The Kier molecular flexibility index (Phi) is 5.30. The van der Waals surface area contributed by atoms with Crippen LogP contribution in [0.1, 0.15) is 25.3 Å². The van der Waals surface area contributed by atoms with E-state index in [4.69, 9.17) is 16.2 Å². The van der Waals surface area contributed by atoms with E-state index in [1.165, 1.54) is 11.8 Å². The summed E-state index contributed by atoms with van der Waals surface area (Å²) in [4.78, 5) is 25.3. The van der Waals surface area contributed by atoms with Crippen LogP contribution in [0.25, 0.3) is 0 Å². The first kappa shape index (κ1) is 20.2. The van der Waals surface area contributed by atoms with Gasteiger partial charge in [0.1, 0.15) is 10.7 Å². The van der Waals surface area contributed by atoms with Crippen molar-refractivity contribution in [3.05, 3.63) is 34.4 Å². The molecular weight excluding hydrogens is 388 g/mol. The van der Waals surface area contributed by atoms with Crippen LogP contribution in [0, 0.1) is 12.3 Å². The van der Waals surface area contributed by atoms with Gasteiger partial charge in [-0.25, -0.2) is 0 Å². The highest BCUT2D eigenvalue weighted by Crippen LogP contribution is 2.42. The fourth-order valence-electron chi connectivity index (χ4n) is 4.28. The van der Waals surface area contributed by atoms with E-state index >= 15 is 0 Å². The Morgan fingerprint density at radius 1 is 1.34 bits per heavy atom. The number of piperidine rings is 1. The summed E-state index contributed by atoms with van der Waals surface area (Å²) in [6, 6.07) is 1.93. The van der Waals surface area contributed by atoms with Crippen molar-refractivity contribution in [2.45, 2.75) is 48.6 Å². The fraction of sp³-hybridized carbons (Fsp3) is 0.550. The Balaban J connectivity index is 1.57. The number of rotatable bonds is 3. The normalized spacial score (nSPS) is 23.7. The van der Waals surface area contributed by atoms with E-state index in [1.54, 1.807) is 24.0 Å². The molecule has 0 amide bonds. The van der Waals surface area contributed by atoms with Crippen LogP contribution < -0.4 is 21.9 Å². The van der Waals surface area contributed by atoms with Gasteiger partial charge >= 0.3 is 0 Å². The van der Waals surface area contributed by atoms with E-state index in [-0.39, 0.29) is 28.9 Å². The van der Waals surface area contributed by atoms with Crippen LogP contribution in [0.3, 0.4) is 0 Å². The van der Waals surface area contributed by atoms with E-state index in [9.17, 15) is 4.79 Å². The number of hydrogen-bond acceptors (Lipinski definition) is 8. The molecule has 4 heterocycles. The molecule has 2 atom stereocenters. The monoisotopic (exact) mass is 416 g/mol. The summed E-state index contributed by atoms with van der Waals surface area (Å²) >= 11 is 1.34. The summed E-state index contributed by atoms with van der Waals surface area (Å²) in [5, 5.41) is 0. The molecule has 8 nitrogen and oxygen atoms in total. The number of nitrogens with two attached hydrogens (primary N) is 2. The quantitative estimate of drug-likeness (QED) is 0.775. The van der Waals surface area contributed by atoms with Crippen molar-refractivity contribution < 1.29 is 4.74 Å². The summed E-state index contributed by atoms with van der Waals surface area (Å²) in [6.07, 6.45) is 5.40. The number of nitrogen functional groups attached to an aromatic ring is 1. The van der Waals surface area contributed by atoms with Crippen molar-refractivity contribution in [2.75, 3.05) is 30.3 Å². The Labute approximate surface area is 174 Å². The Hall–Kier alpha value is -2.10. The zero-order valence-corrected chi connectivity index (χ0v) is 17.9. The topological polar surface area (TPSA) is 112 Å². The second-order valence-electron chi connectivity index (χ2n) is 8.12. The molecule has 1 spiro atoms. The van der Waals surface area contributed by atoms with Crippen LogP contribution in [0.2, 0.25) is 0 Å². The number of pyridine rings is 1. The Morgan fingerprint density at radius 3 is 2.69 bits per heavy atom. The molecule has 156 valence electrons. The lowest BCUT2D eigenvalue weighted by atomic mass is 9.73. The molecule has 4 N–H and O–H groups in total. The molecule has 0 unspecified atom stereocenters. The van der Waals surface area contributed by atoms with E-state index < -0.39 is 0 Å². The minimum Gasteiger partial charge on any atom is -0.382 e. The standard InChI is InChI=1S/C20H28N6O2S/c1-12-10-23-7-4-14(12)29-15-17(22)24-19(25(3)18(15)27)26-8-5-20(6-9-26)11-28-13(2)16(20)21/h4,7,10,13,16H,5-6,8-9,11,21-22H2,1-3H3/t13-,16+/m0/s1. The highest BCUT2D eigenvalue weighted by Gasteiger charge is 2.47. The first-order valence-electron chi connectivity index (χ1n) is 9.89. The maximum absolute atomic E-state index is 13.1. The molecule has 2 aromatic rings. The molecule has 29 heavy (non-hydrogen) atoms. The molecule has 2 fully saturated rings. The van der Waals surface area contributed by atoms with Crippen molar-refractivity contribution in [2.24, 2.45) is 18.2 Å². The van der Waals surface area contributed by atoms with E-state index in [0.29, 0.717) is 17.5 Å². The van der Waals surface area contributed by atoms with Gasteiger partial charge in [0, 0.05) is 48.9 Å². The molecular formula is C20H28N6O2S. The number of nitrogens with zero attached hydrogens (tertiary/aromatic N) is 4. The Bertz CT molecular complexity index is 970. The first-order valence-corrected chi connectivity index (χ1v) is 10.7. The molecule has 0 radical (unpaired) electrons. The lowest BCUT2D eigenvalue weighted by molar-refractivity contribution is 0.0973. The summed E-state index contributed by atoms with van der Waals surface area (Å²) in [5.41, 5.74) is 13.5. The van der Waals surface area contributed by atoms with Gasteiger partial charge in [0.2, 0.25) is 5.95 Å². The summed E-state index contributed by atoms with van der Waals surface area (Å²) < 4.78 is 7.40. The lowest BCUT2D eigenvalue weighted by Crippen LogP contribution is -2.51. The van der Waals surface area contributed by atoms with Gasteiger partial charge in [-0.05, 0) is 38.3 Å². The number of aromatic nitrogens is 3. The molecule has 2 saturated heterocycles. The van der Waals surface area contributed by atoms with Gasteiger partial charge in [-0.1, -0.05) is 11.8 Å². The number of hydrogen-bond donors (Lipinski definition) is 2. The highest BCUT2D eigenvalue weighted by atomic mass is 32.2. The minimum absolute atomic E-state index is 0.0228. The van der Waals surface area contributed by atoms with Crippen LogP contribution in [0.4, 0.5) is 11.8 Å². The van der Waals surface area contributed by atoms with Gasteiger partial charge in [-0.15, -0.1) is 0 Å².